The molecule has 1 N–H and O–H groups in total. The molecule has 0 aliphatic heterocycles. The molecule has 0 amide bonds. The highest BCUT2D eigenvalue weighted by molar-refractivity contribution is 7.87. The largest absolute Gasteiger partial charge is 0.462 e. The Hall–Kier alpha value is -1.67. The molecule has 4 aliphatic rings. The predicted molar refractivity (Wildman–Crippen MR) is 127 cm³/mol. The molecule has 0 aromatic rings. The Labute approximate surface area is 203 Å². The van der Waals surface area contributed by atoms with Crippen molar-refractivity contribution in [1.29, 1.82) is 0 Å². The fraction of sp³-hybridized carbons (Fsp3) is 0.769. The van der Waals surface area contributed by atoms with Crippen LogP contribution in [0.1, 0.15) is 84.5 Å². The molecule has 0 spiro atoms. The van der Waals surface area contributed by atoms with Crippen molar-refractivity contribution < 1.29 is 32.0 Å². The SMILES string of the molecule is CC1C=C2CC(CCOC(=O)C(OC(=O)C3(C)C=C4CCCC(C4)C3)S(=O)(=O)O)CCC(C2)C1. The van der Waals surface area contributed by atoms with Crippen molar-refractivity contribution in [2.75, 3.05) is 6.61 Å². The van der Waals surface area contributed by atoms with Crippen LogP contribution in [0.15, 0.2) is 23.3 Å². The zero-order valence-electron chi connectivity index (χ0n) is 20.3. The Morgan fingerprint density at radius 3 is 2.65 bits per heavy atom. The number of allylic oxidation sites excluding steroid dienone is 3. The average Bonchev–Trinajstić information content (AvgIpc) is 2.87. The number of carbonyl (C=O) groups excluding carboxylic acids is 2. The molecule has 4 bridgehead atoms. The Balaban J connectivity index is 1.34. The van der Waals surface area contributed by atoms with E-state index in [1.165, 1.54) is 17.6 Å². The van der Waals surface area contributed by atoms with Crippen molar-refractivity contribution in [2.24, 2.45) is 29.1 Å². The predicted octanol–water partition coefficient (Wildman–Crippen LogP) is 4.98. The van der Waals surface area contributed by atoms with Crippen LogP contribution < -0.4 is 0 Å². The molecule has 7 nitrogen and oxygen atoms in total. The Bertz CT molecular complexity index is 966. The zero-order valence-corrected chi connectivity index (χ0v) is 21.1. The maximum absolute atomic E-state index is 12.9. The summed E-state index contributed by atoms with van der Waals surface area (Å²) in [7, 11) is -4.97. The number of rotatable bonds is 7. The van der Waals surface area contributed by atoms with Gasteiger partial charge in [0.25, 0.3) is 0 Å². The second-order valence-electron chi connectivity index (χ2n) is 11.4. The van der Waals surface area contributed by atoms with Gasteiger partial charge in [0.05, 0.1) is 12.0 Å². The summed E-state index contributed by atoms with van der Waals surface area (Å²) in [6.45, 7) is 3.99. The summed E-state index contributed by atoms with van der Waals surface area (Å²) in [4.78, 5) is 25.5. The van der Waals surface area contributed by atoms with E-state index in [-0.39, 0.29) is 6.61 Å². The molecule has 2 fully saturated rings. The maximum Gasteiger partial charge on any atom is 0.366 e. The van der Waals surface area contributed by atoms with Crippen LogP contribution in [-0.2, 0) is 29.2 Å². The highest BCUT2D eigenvalue weighted by atomic mass is 32.2. The maximum atomic E-state index is 12.9. The highest BCUT2D eigenvalue weighted by Crippen LogP contribution is 2.45. The molecule has 0 saturated heterocycles. The van der Waals surface area contributed by atoms with Gasteiger partial charge in [0, 0.05) is 0 Å². The summed E-state index contributed by atoms with van der Waals surface area (Å²) < 4.78 is 43.8. The zero-order chi connectivity index (χ0) is 24.5. The Morgan fingerprint density at radius 1 is 1.15 bits per heavy atom. The molecule has 8 heteroatoms. The van der Waals surface area contributed by atoms with E-state index < -0.39 is 32.9 Å². The summed E-state index contributed by atoms with van der Waals surface area (Å²) in [6.07, 6.45) is 14.9. The first-order valence-electron chi connectivity index (χ1n) is 12.8. The molecule has 4 aliphatic carbocycles. The third-order valence-electron chi connectivity index (χ3n) is 8.12. The van der Waals surface area contributed by atoms with Crippen LogP contribution in [0.2, 0.25) is 0 Å². The first-order valence-corrected chi connectivity index (χ1v) is 14.3. The number of fused-ring (bicyclic) bond motifs is 4. The first kappa shape index (κ1) is 25.4. The standard InChI is InChI=1S/C26H38O7S/c1-17-10-19-7-6-18(12-22(11-17)13-19)8-9-32-23(27)24(34(29,30)31)33-25(28)26(2)15-20-4-3-5-21(14-20)16-26/h11,15,17-19,21,24H,3-10,12-14,16H2,1-2H3,(H,29,30,31). The van der Waals surface area contributed by atoms with Crippen molar-refractivity contribution >= 4 is 22.1 Å². The van der Waals surface area contributed by atoms with Crippen molar-refractivity contribution in [3.05, 3.63) is 23.3 Å². The second-order valence-corrected chi connectivity index (χ2v) is 12.8. The molecular weight excluding hydrogens is 456 g/mol. The molecular formula is C26H38O7S. The topological polar surface area (TPSA) is 107 Å². The lowest BCUT2D eigenvalue weighted by Crippen LogP contribution is -2.42. The second kappa shape index (κ2) is 10.1. The minimum Gasteiger partial charge on any atom is -0.462 e. The third-order valence-corrected chi connectivity index (χ3v) is 8.95. The lowest BCUT2D eigenvalue weighted by Gasteiger charge is -2.38. The van der Waals surface area contributed by atoms with Crippen LogP contribution in [-0.4, -0.2) is 37.0 Å². The molecule has 6 atom stereocenters. The molecule has 190 valence electrons. The van der Waals surface area contributed by atoms with Crippen molar-refractivity contribution in [1.82, 2.24) is 0 Å². The molecule has 0 aromatic heterocycles. The molecule has 0 heterocycles. The van der Waals surface area contributed by atoms with Gasteiger partial charge in [-0.15, -0.1) is 0 Å². The molecule has 4 rings (SSSR count). The number of carbonyl (C=O) groups is 2. The van der Waals surface area contributed by atoms with Gasteiger partial charge in [-0.25, -0.2) is 4.79 Å². The fourth-order valence-electron chi connectivity index (χ4n) is 6.69. The van der Waals surface area contributed by atoms with Crippen LogP contribution in [0.3, 0.4) is 0 Å². The van der Waals surface area contributed by atoms with Crippen molar-refractivity contribution in [3.8, 4) is 0 Å². The minimum absolute atomic E-state index is 0.0317. The average molecular weight is 495 g/mol. The molecule has 0 radical (unpaired) electrons. The van der Waals surface area contributed by atoms with Gasteiger partial charge in [-0.1, -0.05) is 30.2 Å². The smallest absolute Gasteiger partial charge is 0.366 e. The number of hydrogen-bond donors (Lipinski definition) is 1. The van der Waals surface area contributed by atoms with E-state index in [0.717, 1.165) is 57.3 Å². The summed E-state index contributed by atoms with van der Waals surface area (Å²) in [5.41, 5.74) is -0.716. The van der Waals surface area contributed by atoms with E-state index in [0.29, 0.717) is 30.6 Å². The molecule has 6 unspecified atom stereocenters. The van der Waals surface area contributed by atoms with Gasteiger partial charge in [0.1, 0.15) is 0 Å². The minimum atomic E-state index is -4.97. The summed E-state index contributed by atoms with van der Waals surface area (Å²) in [5.74, 6) is 0.00253. The fourth-order valence-corrected chi connectivity index (χ4v) is 7.21. The number of hydrogen-bond acceptors (Lipinski definition) is 6. The van der Waals surface area contributed by atoms with E-state index in [1.54, 1.807) is 6.92 Å². The molecule has 2 saturated carbocycles. The van der Waals surface area contributed by atoms with E-state index in [4.69, 9.17) is 9.47 Å². The van der Waals surface area contributed by atoms with Crippen LogP contribution in [0.5, 0.6) is 0 Å². The quantitative estimate of drug-likeness (QED) is 0.302. The van der Waals surface area contributed by atoms with Gasteiger partial charge < -0.3 is 9.47 Å². The van der Waals surface area contributed by atoms with E-state index >= 15 is 0 Å². The van der Waals surface area contributed by atoms with E-state index in [1.807, 2.05) is 6.08 Å². The van der Waals surface area contributed by atoms with Crippen LogP contribution >= 0.6 is 0 Å². The van der Waals surface area contributed by atoms with E-state index in [9.17, 15) is 22.6 Å². The van der Waals surface area contributed by atoms with Gasteiger partial charge in [0.15, 0.2) is 0 Å². The molecule has 34 heavy (non-hydrogen) atoms. The summed E-state index contributed by atoms with van der Waals surface area (Å²) in [5, 5.41) is 0. The van der Waals surface area contributed by atoms with Gasteiger partial charge >= 0.3 is 27.5 Å². The lowest BCUT2D eigenvalue weighted by atomic mass is 9.68. The summed E-state index contributed by atoms with van der Waals surface area (Å²) >= 11 is 0. The van der Waals surface area contributed by atoms with E-state index in [2.05, 4.69) is 13.0 Å². The Morgan fingerprint density at radius 2 is 1.91 bits per heavy atom. The first-order chi connectivity index (χ1) is 16.0. The van der Waals surface area contributed by atoms with Gasteiger partial charge in [-0.2, -0.15) is 8.42 Å². The monoisotopic (exact) mass is 494 g/mol. The van der Waals surface area contributed by atoms with Crippen LogP contribution in [0.25, 0.3) is 0 Å². The lowest BCUT2D eigenvalue weighted by molar-refractivity contribution is -0.168. The number of esters is 2. The highest BCUT2D eigenvalue weighted by Gasteiger charge is 2.45. The van der Waals surface area contributed by atoms with Gasteiger partial charge in [-0.05, 0) is 101 Å². The van der Waals surface area contributed by atoms with Crippen molar-refractivity contribution in [3.63, 3.8) is 0 Å². The van der Waals surface area contributed by atoms with Crippen molar-refractivity contribution in [2.45, 2.75) is 89.9 Å². The van der Waals surface area contributed by atoms with Gasteiger partial charge in [0.2, 0.25) is 0 Å². The Kier molecular flexibility index (Phi) is 7.58. The van der Waals surface area contributed by atoms with Gasteiger partial charge in [-0.3, -0.25) is 9.35 Å². The molecule has 0 aromatic carbocycles. The third kappa shape index (κ3) is 6.11. The summed E-state index contributed by atoms with van der Waals surface area (Å²) in [6, 6.07) is 0. The van der Waals surface area contributed by atoms with Crippen LogP contribution in [0.4, 0.5) is 0 Å². The van der Waals surface area contributed by atoms with Crippen LogP contribution in [0, 0.1) is 29.1 Å². The number of ether oxygens (including phenoxy) is 2. The normalized spacial score (nSPS) is 34.2.